The van der Waals surface area contributed by atoms with Gasteiger partial charge in [0, 0.05) is 18.8 Å². The fourth-order valence-electron chi connectivity index (χ4n) is 3.49. The van der Waals surface area contributed by atoms with Gasteiger partial charge in [-0.1, -0.05) is 105 Å². The van der Waals surface area contributed by atoms with Gasteiger partial charge in [-0.25, -0.2) is 4.98 Å². The number of hydrogen-bond donors (Lipinski definition) is 1. The van der Waals surface area contributed by atoms with Gasteiger partial charge in [-0.3, -0.25) is 0 Å². The van der Waals surface area contributed by atoms with Crippen molar-refractivity contribution in [2.75, 3.05) is 18.0 Å². The number of halogens is 3. The number of aromatic nitrogens is 2. The van der Waals surface area contributed by atoms with E-state index in [-0.39, 0.29) is 17.0 Å². The molecule has 0 fully saturated rings. The van der Waals surface area contributed by atoms with E-state index in [9.17, 15) is 0 Å². The minimum atomic E-state index is 0. The van der Waals surface area contributed by atoms with Crippen LogP contribution in [0.1, 0.15) is 70.8 Å². The van der Waals surface area contributed by atoms with Crippen molar-refractivity contribution < 1.29 is 0 Å². The van der Waals surface area contributed by atoms with E-state index in [4.69, 9.17) is 23.2 Å². The van der Waals surface area contributed by atoms with Gasteiger partial charge in [-0.15, -0.1) is 17.0 Å². The summed E-state index contributed by atoms with van der Waals surface area (Å²) in [6.07, 6.45) is 14.9. The van der Waals surface area contributed by atoms with E-state index in [1.54, 1.807) is 0 Å². The SMILES string of the molecule is Br.CCCCCCCCCCN1CC(C)=Cc2ccccc21.Clc1nc[nH]c1Cl. The van der Waals surface area contributed by atoms with E-state index in [0.717, 1.165) is 6.54 Å². The first kappa shape index (κ1) is 26.1. The molecule has 0 saturated heterocycles. The normalized spacial score (nSPS) is 12.4. The molecule has 0 spiro atoms. The first-order valence-electron chi connectivity index (χ1n) is 10.5. The Bertz CT molecular complexity index is 714. The Kier molecular flexibility index (Phi) is 13.4. The molecule has 1 aliphatic heterocycles. The molecule has 6 heteroatoms. The van der Waals surface area contributed by atoms with Crippen molar-refractivity contribution >= 4 is 51.9 Å². The fourth-order valence-corrected chi connectivity index (χ4v) is 3.69. The molecule has 3 rings (SSSR count). The van der Waals surface area contributed by atoms with Gasteiger partial charge in [0.1, 0.15) is 5.15 Å². The molecule has 29 heavy (non-hydrogen) atoms. The number of benzene rings is 1. The number of fused-ring (bicyclic) bond motifs is 1. The van der Waals surface area contributed by atoms with Crippen LogP contribution >= 0.6 is 40.2 Å². The summed E-state index contributed by atoms with van der Waals surface area (Å²) in [5.41, 5.74) is 4.29. The van der Waals surface area contributed by atoms with E-state index in [1.165, 1.54) is 81.1 Å². The largest absolute Gasteiger partial charge is 0.367 e. The van der Waals surface area contributed by atoms with E-state index in [1.807, 2.05) is 0 Å². The van der Waals surface area contributed by atoms with Crippen LogP contribution in [0.15, 0.2) is 36.2 Å². The highest BCUT2D eigenvalue weighted by molar-refractivity contribution is 8.93. The van der Waals surface area contributed by atoms with Crippen LogP contribution in [0, 0.1) is 0 Å². The quantitative estimate of drug-likeness (QED) is 0.349. The molecule has 2 aromatic rings. The van der Waals surface area contributed by atoms with Crippen molar-refractivity contribution in [1.29, 1.82) is 0 Å². The number of aromatic amines is 1. The smallest absolute Gasteiger partial charge is 0.165 e. The lowest BCUT2D eigenvalue weighted by molar-refractivity contribution is 0.573. The van der Waals surface area contributed by atoms with Gasteiger partial charge in [-0.2, -0.15) is 0 Å². The Labute approximate surface area is 196 Å². The maximum Gasteiger partial charge on any atom is 0.165 e. The van der Waals surface area contributed by atoms with E-state index < -0.39 is 0 Å². The lowest BCUT2D eigenvalue weighted by atomic mass is 10.0. The molecule has 3 nitrogen and oxygen atoms in total. The first-order chi connectivity index (χ1) is 13.6. The minimum absolute atomic E-state index is 0. The second-order valence-corrected chi connectivity index (χ2v) is 8.19. The maximum atomic E-state index is 5.37. The molecule has 1 N–H and O–H groups in total. The van der Waals surface area contributed by atoms with Crippen molar-refractivity contribution in [2.45, 2.75) is 65.2 Å². The Morgan fingerprint density at radius 3 is 2.24 bits per heavy atom. The Hall–Kier alpha value is -0.970. The van der Waals surface area contributed by atoms with Gasteiger partial charge in [-0.05, 0) is 25.0 Å². The molecular formula is C23H34BrCl2N3. The lowest BCUT2D eigenvalue weighted by Crippen LogP contribution is -2.29. The van der Waals surface area contributed by atoms with Crippen molar-refractivity contribution in [2.24, 2.45) is 0 Å². The number of unbranched alkanes of at least 4 members (excludes halogenated alkanes) is 7. The second kappa shape index (κ2) is 14.9. The monoisotopic (exact) mass is 501 g/mol. The minimum Gasteiger partial charge on any atom is -0.367 e. The Balaban J connectivity index is 0.000000445. The van der Waals surface area contributed by atoms with Crippen LogP contribution in [-0.2, 0) is 0 Å². The van der Waals surface area contributed by atoms with Crippen LogP contribution in [0.2, 0.25) is 10.3 Å². The zero-order valence-electron chi connectivity index (χ0n) is 17.6. The van der Waals surface area contributed by atoms with Crippen LogP contribution in [0.5, 0.6) is 0 Å². The number of anilines is 1. The maximum absolute atomic E-state index is 5.37. The number of nitrogens with one attached hydrogen (secondary N) is 1. The number of nitrogens with zero attached hydrogens (tertiary/aromatic N) is 2. The summed E-state index contributed by atoms with van der Waals surface area (Å²) in [6, 6.07) is 8.80. The van der Waals surface area contributed by atoms with Gasteiger partial charge in [0.05, 0.1) is 6.33 Å². The number of H-pyrrole nitrogens is 1. The Morgan fingerprint density at radius 2 is 1.66 bits per heavy atom. The lowest BCUT2D eigenvalue weighted by Gasteiger charge is -2.30. The fraction of sp³-hybridized carbons (Fsp3) is 0.522. The third kappa shape index (κ3) is 9.59. The van der Waals surface area contributed by atoms with Gasteiger partial charge < -0.3 is 9.88 Å². The number of para-hydroxylation sites is 1. The van der Waals surface area contributed by atoms with Crippen LogP contribution in [0.3, 0.4) is 0 Å². The van der Waals surface area contributed by atoms with Crippen molar-refractivity contribution in [3.63, 3.8) is 0 Å². The summed E-state index contributed by atoms with van der Waals surface area (Å²) in [6.45, 7) is 6.84. The van der Waals surface area contributed by atoms with Gasteiger partial charge in [0.2, 0.25) is 0 Å². The molecule has 2 heterocycles. The second-order valence-electron chi connectivity index (χ2n) is 7.45. The van der Waals surface area contributed by atoms with E-state index in [0.29, 0.717) is 10.3 Å². The summed E-state index contributed by atoms with van der Waals surface area (Å²) in [5, 5.41) is 0.711. The van der Waals surface area contributed by atoms with Crippen LogP contribution in [0.4, 0.5) is 5.69 Å². The highest BCUT2D eigenvalue weighted by Crippen LogP contribution is 2.28. The first-order valence-corrected chi connectivity index (χ1v) is 11.2. The summed E-state index contributed by atoms with van der Waals surface area (Å²) >= 11 is 10.7. The highest BCUT2D eigenvalue weighted by atomic mass is 79.9. The number of hydrogen-bond acceptors (Lipinski definition) is 2. The molecule has 0 unspecified atom stereocenters. The summed E-state index contributed by atoms with van der Waals surface area (Å²) in [5.74, 6) is 0. The van der Waals surface area contributed by atoms with Crippen LogP contribution in [-0.4, -0.2) is 23.1 Å². The average Bonchev–Trinajstić information content (AvgIpc) is 3.07. The van der Waals surface area contributed by atoms with Crippen molar-refractivity contribution in [3.8, 4) is 0 Å². The van der Waals surface area contributed by atoms with Crippen LogP contribution in [0.25, 0.3) is 6.08 Å². The molecule has 0 radical (unpaired) electrons. The van der Waals surface area contributed by atoms with E-state index in [2.05, 4.69) is 59.1 Å². The Morgan fingerprint density at radius 1 is 1.00 bits per heavy atom. The molecule has 1 aromatic carbocycles. The number of imidazole rings is 1. The van der Waals surface area contributed by atoms with Crippen molar-refractivity contribution in [3.05, 3.63) is 52.0 Å². The third-order valence-corrected chi connectivity index (χ3v) is 5.62. The van der Waals surface area contributed by atoms with E-state index >= 15 is 0 Å². The molecule has 1 aliphatic rings. The molecule has 1 aromatic heterocycles. The van der Waals surface area contributed by atoms with Gasteiger partial charge in [0.15, 0.2) is 5.15 Å². The van der Waals surface area contributed by atoms with Gasteiger partial charge in [0.25, 0.3) is 0 Å². The molecular weight excluding hydrogens is 469 g/mol. The van der Waals surface area contributed by atoms with Gasteiger partial charge >= 0.3 is 0 Å². The van der Waals surface area contributed by atoms with Crippen LogP contribution < -0.4 is 4.90 Å². The zero-order valence-corrected chi connectivity index (χ0v) is 20.8. The summed E-state index contributed by atoms with van der Waals surface area (Å²) in [7, 11) is 0. The average molecular weight is 503 g/mol. The van der Waals surface area contributed by atoms with Crippen molar-refractivity contribution in [1.82, 2.24) is 9.97 Å². The molecule has 0 aliphatic carbocycles. The molecule has 0 amide bonds. The molecule has 0 atom stereocenters. The highest BCUT2D eigenvalue weighted by Gasteiger charge is 2.14. The summed E-state index contributed by atoms with van der Waals surface area (Å²) < 4.78 is 0. The molecule has 0 bridgehead atoms. The zero-order chi connectivity index (χ0) is 20.2. The number of rotatable bonds is 9. The standard InChI is InChI=1S/C20H31N.C3H2Cl2N2.BrH/c1-3-4-5-6-7-8-9-12-15-21-17-18(2)16-19-13-10-11-14-20(19)21;4-2-3(5)7-1-6-2;/h10-11,13-14,16H,3-9,12,15,17H2,1-2H3;1H,(H,6,7);1H. The molecule has 0 saturated carbocycles. The molecule has 162 valence electrons. The predicted molar refractivity (Wildman–Crippen MR) is 134 cm³/mol. The predicted octanol–water partition coefficient (Wildman–Crippen LogP) is 8.35. The summed E-state index contributed by atoms with van der Waals surface area (Å²) in [4.78, 5) is 8.74. The third-order valence-electron chi connectivity index (χ3n) is 4.95. The topological polar surface area (TPSA) is 31.9 Å².